The predicted octanol–water partition coefficient (Wildman–Crippen LogP) is 5.54. The Kier molecular flexibility index (Phi) is 6.44. The first-order chi connectivity index (χ1) is 13.4. The van der Waals surface area contributed by atoms with Gasteiger partial charge in [0, 0.05) is 24.7 Å². The van der Waals surface area contributed by atoms with Crippen molar-refractivity contribution in [1.82, 2.24) is 14.5 Å². The van der Waals surface area contributed by atoms with E-state index in [-0.39, 0.29) is 16.2 Å². The maximum Gasteiger partial charge on any atom is 0.254 e. The molecule has 1 aromatic heterocycles. The summed E-state index contributed by atoms with van der Waals surface area (Å²) in [6, 6.07) is 8.80. The summed E-state index contributed by atoms with van der Waals surface area (Å²) in [5.74, 6) is -0.225. The van der Waals surface area contributed by atoms with Crippen LogP contribution in [0.15, 0.2) is 40.9 Å². The van der Waals surface area contributed by atoms with Gasteiger partial charge in [-0.25, -0.2) is 13.8 Å². The molecule has 28 heavy (non-hydrogen) atoms. The highest BCUT2D eigenvalue weighted by Gasteiger charge is 2.20. The molecule has 2 aromatic carbocycles. The molecule has 7 heteroatoms. The standard InChI is InChI=1S/C21H22BrF2N3O/c1-3-9-26(21(28)14-5-7-17(24)16(22)11-14)13-20-25-18-12-15(23)6-8-19(18)27(20)10-4-2/h5-8,11-12H,3-4,9-10,13H2,1-2H3. The number of amides is 1. The molecule has 0 saturated carbocycles. The minimum atomic E-state index is -0.412. The van der Waals surface area contributed by atoms with E-state index < -0.39 is 5.82 Å². The van der Waals surface area contributed by atoms with Crippen molar-refractivity contribution in [3.63, 3.8) is 0 Å². The highest BCUT2D eigenvalue weighted by atomic mass is 79.9. The van der Waals surface area contributed by atoms with Gasteiger partial charge in [-0.15, -0.1) is 0 Å². The third-order valence-corrected chi connectivity index (χ3v) is 5.12. The summed E-state index contributed by atoms with van der Waals surface area (Å²) in [6.07, 6.45) is 1.67. The number of imidazole rings is 1. The zero-order valence-electron chi connectivity index (χ0n) is 15.9. The van der Waals surface area contributed by atoms with Gasteiger partial charge in [0.25, 0.3) is 5.91 Å². The van der Waals surface area contributed by atoms with E-state index in [4.69, 9.17) is 0 Å². The van der Waals surface area contributed by atoms with Crippen molar-refractivity contribution in [3.05, 3.63) is 63.9 Å². The number of nitrogens with zero attached hydrogens (tertiary/aromatic N) is 3. The molecule has 4 nitrogen and oxygen atoms in total. The Morgan fingerprint density at radius 3 is 2.61 bits per heavy atom. The van der Waals surface area contributed by atoms with Crippen LogP contribution >= 0.6 is 15.9 Å². The van der Waals surface area contributed by atoms with E-state index >= 15 is 0 Å². The third-order valence-electron chi connectivity index (χ3n) is 4.52. The number of aryl methyl sites for hydroxylation is 1. The van der Waals surface area contributed by atoms with Crippen LogP contribution in [-0.4, -0.2) is 26.9 Å². The van der Waals surface area contributed by atoms with Crippen molar-refractivity contribution < 1.29 is 13.6 Å². The van der Waals surface area contributed by atoms with E-state index in [9.17, 15) is 13.6 Å². The topological polar surface area (TPSA) is 38.1 Å². The van der Waals surface area contributed by atoms with Gasteiger partial charge in [-0.2, -0.15) is 0 Å². The van der Waals surface area contributed by atoms with Crippen LogP contribution in [-0.2, 0) is 13.1 Å². The van der Waals surface area contributed by atoms with Crippen molar-refractivity contribution in [2.24, 2.45) is 0 Å². The Hall–Kier alpha value is -2.28. The van der Waals surface area contributed by atoms with E-state index in [0.717, 1.165) is 24.9 Å². The number of hydrogen-bond acceptors (Lipinski definition) is 2. The summed E-state index contributed by atoms with van der Waals surface area (Å²) < 4.78 is 29.4. The lowest BCUT2D eigenvalue weighted by Crippen LogP contribution is -2.32. The molecule has 0 aliphatic carbocycles. The molecule has 3 rings (SSSR count). The van der Waals surface area contributed by atoms with Gasteiger partial charge in [-0.05, 0) is 59.1 Å². The number of carbonyl (C=O) groups is 1. The van der Waals surface area contributed by atoms with E-state index in [1.807, 2.05) is 11.5 Å². The van der Waals surface area contributed by atoms with Crippen LogP contribution in [0.25, 0.3) is 11.0 Å². The highest BCUT2D eigenvalue weighted by Crippen LogP contribution is 2.22. The number of aromatic nitrogens is 2. The molecular weight excluding hydrogens is 428 g/mol. The van der Waals surface area contributed by atoms with E-state index in [1.54, 1.807) is 11.0 Å². The average Bonchev–Trinajstić information content (AvgIpc) is 2.99. The fraction of sp³-hybridized carbons (Fsp3) is 0.333. The molecule has 0 unspecified atom stereocenters. The average molecular weight is 450 g/mol. The summed E-state index contributed by atoms with van der Waals surface area (Å²) in [5.41, 5.74) is 1.84. The Balaban J connectivity index is 1.96. The molecule has 0 bridgehead atoms. The zero-order valence-corrected chi connectivity index (χ0v) is 17.5. The third kappa shape index (κ3) is 4.24. The van der Waals surface area contributed by atoms with Crippen molar-refractivity contribution in [3.8, 4) is 0 Å². The normalized spacial score (nSPS) is 11.2. The Morgan fingerprint density at radius 1 is 1.14 bits per heavy atom. The van der Waals surface area contributed by atoms with Gasteiger partial charge in [-0.1, -0.05) is 13.8 Å². The molecule has 1 amide bonds. The minimum Gasteiger partial charge on any atom is -0.331 e. The van der Waals surface area contributed by atoms with Crippen LogP contribution < -0.4 is 0 Å². The Bertz CT molecular complexity index is 1000. The molecule has 0 radical (unpaired) electrons. The van der Waals surface area contributed by atoms with Crippen molar-refractivity contribution >= 4 is 32.9 Å². The first kappa shape index (κ1) is 20.5. The Labute approximate surface area is 171 Å². The van der Waals surface area contributed by atoms with Crippen LogP contribution in [0.2, 0.25) is 0 Å². The quantitative estimate of drug-likeness (QED) is 0.474. The second-order valence-electron chi connectivity index (χ2n) is 6.67. The molecule has 1 heterocycles. The number of halogens is 3. The lowest BCUT2D eigenvalue weighted by atomic mass is 10.2. The van der Waals surface area contributed by atoms with Crippen LogP contribution in [0.1, 0.15) is 42.9 Å². The van der Waals surface area contributed by atoms with Crippen LogP contribution in [0.4, 0.5) is 8.78 Å². The number of rotatable bonds is 7. The summed E-state index contributed by atoms with van der Waals surface area (Å²) in [7, 11) is 0. The number of benzene rings is 2. The molecule has 0 N–H and O–H groups in total. The SMILES string of the molecule is CCCN(Cc1nc2cc(F)ccc2n1CCC)C(=O)c1ccc(F)c(Br)c1. The van der Waals surface area contributed by atoms with Crippen molar-refractivity contribution in [2.45, 2.75) is 39.8 Å². The van der Waals surface area contributed by atoms with Crippen LogP contribution in [0, 0.1) is 11.6 Å². The second-order valence-corrected chi connectivity index (χ2v) is 7.52. The number of hydrogen-bond donors (Lipinski definition) is 0. The second kappa shape index (κ2) is 8.82. The molecule has 0 aliphatic heterocycles. The maximum atomic E-state index is 13.6. The smallest absolute Gasteiger partial charge is 0.254 e. The van der Waals surface area contributed by atoms with Crippen molar-refractivity contribution in [2.75, 3.05) is 6.54 Å². The summed E-state index contributed by atoms with van der Waals surface area (Å²) in [4.78, 5) is 19.3. The summed E-state index contributed by atoms with van der Waals surface area (Å²) in [6.45, 7) is 5.62. The number of carbonyl (C=O) groups excluding carboxylic acids is 1. The van der Waals surface area contributed by atoms with Gasteiger partial charge in [0.1, 0.15) is 17.5 Å². The van der Waals surface area contributed by atoms with E-state index in [2.05, 4.69) is 27.8 Å². The molecule has 148 valence electrons. The largest absolute Gasteiger partial charge is 0.331 e. The molecular formula is C21H22BrF2N3O. The van der Waals surface area contributed by atoms with Gasteiger partial charge >= 0.3 is 0 Å². The predicted molar refractivity (Wildman–Crippen MR) is 109 cm³/mol. The fourth-order valence-electron chi connectivity index (χ4n) is 3.25. The zero-order chi connectivity index (χ0) is 20.3. The summed E-state index contributed by atoms with van der Waals surface area (Å²) in [5, 5.41) is 0. The van der Waals surface area contributed by atoms with Crippen LogP contribution in [0.5, 0.6) is 0 Å². The summed E-state index contributed by atoms with van der Waals surface area (Å²) >= 11 is 3.13. The lowest BCUT2D eigenvalue weighted by Gasteiger charge is -2.22. The van der Waals surface area contributed by atoms with Crippen LogP contribution in [0.3, 0.4) is 0 Å². The monoisotopic (exact) mass is 449 g/mol. The van der Waals surface area contributed by atoms with Gasteiger partial charge in [0.2, 0.25) is 0 Å². The first-order valence-corrected chi connectivity index (χ1v) is 10.1. The molecule has 0 spiro atoms. The van der Waals surface area contributed by atoms with E-state index in [1.165, 1.54) is 30.3 Å². The molecule has 3 aromatic rings. The van der Waals surface area contributed by atoms with Gasteiger partial charge in [-0.3, -0.25) is 4.79 Å². The Morgan fingerprint density at radius 2 is 1.93 bits per heavy atom. The first-order valence-electron chi connectivity index (χ1n) is 9.33. The molecule has 0 aliphatic rings. The molecule has 0 atom stereocenters. The fourth-order valence-corrected chi connectivity index (χ4v) is 3.63. The van der Waals surface area contributed by atoms with Gasteiger partial charge in [0.05, 0.1) is 22.1 Å². The molecule has 0 saturated heterocycles. The minimum absolute atomic E-state index is 0.191. The van der Waals surface area contributed by atoms with Gasteiger partial charge in [0.15, 0.2) is 0 Å². The van der Waals surface area contributed by atoms with Gasteiger partial charge < -0.3 is 9.47 Å². The lowest BCUT2D eigenvalue weighted by molar-refractivity contribution is 0.0737. The highest BCUT2D eigenvalue weighted by molar-refractivity contribution is 9.10. The maximum absolute atomic E-state index is 13.6. The number of fused-ring (bicyclic) bond motifs is 1. The van der Waals surface area contributed by atoms with E-state index in [0.29, 0.717) is 30.0 Å². The van der Waals surface area contributed by atoms with Crippen molar-refractivity contribution in [1.29, 1.82) is 0 Å². The molecule has 0 fully saturated rings.